The van der Waals surface area contributed by atoms with Crippen LogP contribution >= 0.6 is 0 Å². The van der Waals surface area contributed by atoms with Crippen molar-refractivity contribution in [3.05, 3.63) is 77.5 Å². The first-order valence-corrected chi connectivity index (χ1v) is 8.31. The largest absolute Gasteiger partial charge is 0.340 e. The molecular formula is C20H19FN4O. The predicted octanol–water partition coefficient (Wildman–Crippen LogP) is 4.48. The molecule has 0 bridgehead atoms. The third kappa shape index (κ3) is 4.03. The van der Waals surface area contributed by atoms with Gasteiger partial charge in [0.2, 0.25) is 0 Å². The van der Waals surface area contributed by atoms with E-state index in [0.29, 0.717) is 11.5 Å². The van der Waals surface area contributed by atoms with Crippen LogP contribution in [-0.2, 0) is 6.42 Å². The molecule has 2 N–H and O–H groups in total. The summed E-state index contributed by atoms with van der Waals surface area (Å²) in [6.45, 7) is 4.10. The fourth-order valence-electron chi connectivity index (χ4n) is 2.61. The van der Waals surface area contributed by atoms with E-state index in [9.17, 15) is 9.18 Å². The first-order chi connectivity index (χ1) is 12.6. The molecule has 26 heavy (non-hydrogen) atoms. The molecule has 0 saturated heterocycles. The number of amides is 1. The Morgan fingerprint density at radius 2 is 1.88 bits per heavy atom. The van der Waals surface area contributed by atoms with Crippen molar-refractivity contribution in [3.8, 4) is 0 Å². The smallest absolute Gasteiger partial charge is 0.274 e. The highest BCUT2D eigenvalue weighted by Crippen LogP contribution is 2.24. The van der Waals surface area contributed by atoms with Gasteiger partial charge in [0.05, 0.1) is 0 Å². The van der Waals surface area contributed by atoms with E-state index >= 15 is 0 Å². The number of anilines is 3. The second kappa shape index (κ2) is 7.74. The van der Waals surface area contributed by atoms with E-state index in [1.165, 1.54) is 36.2 Å². The minimum atomic E-state index is -0.387. The molecule has 2 aromatic carbocycles. The monoisotopic (exact) mass is 350 g/mol. The van der Waals surface area contributed by atoms with Gasteiger partial charge in [0, 0.05) is 17.4 Å². The highest BCUT2D eigenvalue weighted by molar-refractivity contribution is 6.03. The number of hydrogen-bond acceptors (Lipinski definition) is 4. The van der Waals surface area contributed by atoms with E-state index in [0.717, 1.165) is 17.7 Å². The average molecular weight is 350 g/mol. The lowest BCUT2D eigenvalue weighted by atomic mass is 10.1. The van der Waals surface area contributed by atoms with Crippen LogP contribution in [0, 0.1) is 12.7 Å². The Labute approximate surface area is 151 Å². The number of benzene rings is 2. The number of nitrogens with one attached hydrogen (secondary N) is 2. The topological polar surface area (TPSA) is 66.9 Å². The van der Waals surface area contributed by atoms with Crippen LogP contribution in [0.15, 0.2) is 54.9 Å². The minimum Gasteiger partial charge on any atom is -0.340 e. The number of halogens is 1. The maximum absolute atomic E-state index is 13.0. The lowest BCUT2D eigenvalue weighted by molar-refractivity contribution is 0.102. The normalized spacial score (nSPS) is 10.4. The highest BCUT2D eigenvalue weighted by atomic mass is 19.1. The van der Waals surface area contributed by atoms with Crippen LogP contribution in [-0.4, -0.2) is 15.9 Å². The van der Waals surface area contributed by atoms with Gasteiger partial charge in [-0.05, 0) is 48.7 Å². The summed E-state index contributed by atoms with van der Waals surface area (Å²) in [5, 5.41) is 5.96. The fourth-order valence-corrected chi connectivity index (χ4v) is 2.61. The number of aromatic nitrogens is 2. The van der Waals surface area contributed by atoms with Crippen molar-refractivity contribution in [2.24, 2.45) is 0 Å². The summed E-state index contributed by atoms with van der Waals surface area (Å²) < 4.78 is 13.0. The van der Waals surface area contributed by atoms with Crippen molar-refractivity contribution in [1.82, 2.24) is 9.97 Å². The van der Waals surface area contributed by atoms with Gasteiger partial charge < -0.3 is 10.6 Å². The van der Waals surface area contributed by atoms with Crippen molar-refractivity contribution < 1.29 is 9.18 Å². The first kappa shape index (κ1) is 17.5. The molecule has 0 fully saturated rings. The van der Waals surface area contributed by atoms with Crippen molar-refractivity contribution in [2.75, 3.05) is 10.6 Å². The second-order valence-electron chi connectivity index (χ2n) is 5.84. The molecule has 0 radical (unpaired) electrons. The Bertz CT molecular complexity index is 925. The SMILES string of the molecule is CCc1cccc(C)c1Nc1cc(C(=O)Nc2ccc(F)cc2)ncn1. The van der Waals surface area contributed by atoms with E-state index < -0.39 is 0 Å². The van der Waals surface area contributed by atoms with Gasteiger partial charge in [-0.1, -0.05) is 25.1 Å². The zero-order chi connectivity index (χ0) is 18.5. The summed E-state index contributed by atoms with van der Waals surface area (Å²) in [5.41, 5.74) is 3.97. The van der Waals surface area contributed by atoms with Gasteiger partial charge in [-0.3, -0.25) is 4.79 Å². The average Bonchev–Trinajstić information content (AvgIpc) is 2.65. The maximum Gasteiger partial charge on any atom is 0.274 e. The molecule has 3 rings (SSSR count). The van der Waals surface area contributed by atoms with Gasteiger partial charge in [0.15, 0.2) is 0 Å². The third-order valence-electron chi connectivity index (χ3n) is 3.99. The Morgan fingerprint density at radius 1 is 1.12 bits per heavy atom. The number of carbonyl (C=O) groups is 1. The van der Waals surface area contributed by atoms with Gasteiger partial charge in [-0.2, -0.15) is 0 Å². The van der Waals surface area contributed by atoms with E-state index in [1.807, 2.05) is 19.1 Å². The molecule has 0 unspecified atom stereocenters. The van der Waals surface area contributed by atoms with E-state index in [4.69, 9.17) is 0 Å². The van der Waals surface area contributed by atoms with Crippen LogP contribution in [0.25, 0.3) is 0 Å². The molecule has 5 nitrogen and oxygen atoms in total. The van der Waals surface area contributed by atoms with Gasteiger partial charge in [0.25, 0.3) is 5.91 Å². The maximum atomic E-state index is 13.0. The molecule has 0 aliphatic heterocycles. The molecule has 1 aromatic heterocycles. The summed E-state index contributed by atoms with van der Waals surface area (Å²) >= 11 is 0. The number of hydrogen-bond donors (Lipinski definition) is 2. The van der Waals surface area contributed by atoms with Crippen LogP contribution in [0.2, 0.25) is 0 Å². The Hall–Kier alpha value is -3.28. The summed E-state index contributed by atoms with van der Waals surface area (Å²) in [6.07, 6.45) is 2.22. The minimum absolute atomic E-state index is 0.221. The number of aryl methyl sites for hydroxylation is 2. The highest BCUT2D eigenvalue weighted by Gasteiger charge is 2.11. The number of nitrogens with zero attached hydrogens (tertiary/aromatic N) is 2. The molecule has 0 saturated carbocycles. The Balaban J connectivity index is 1.80. The molecule has 0 aliphatic carbocycles. The van der Waals surface area contributed by atoms with Crippen LogP contribution in [0.4, 0.5) is 21.6 Å². The molecule has 1 heterocycles. The number of carbonyl (C=O) groups excluding carboxylic acids is 1. The van der Waals surface area contributed by atoms with Gasteiger partial charge in [0.1, 0.15) is 23.7 Å². The molecule has 3 aromatic rings. The van der Waals surface area contributed by atoms with Gasteiger partial charge >= 0.3 is 0 Å². The summed E-state index contributed by atoms with van der Waals surface area (Å²) in [4.78, 5) is 20.6. The van der Waals surface area contributed by atoms with E-state index in [2.05, 4.69) is 33.6 Å². The third-order valence-corrected chi connectivity index (χ3v) is 3.99. The van der Waals surface area contributed by atoms with Crippen molar-refractivity contribution in [1.29, 1.82) is 0 Å². The van der Waals surface area contributed by atoms with Crippen LogP contribution < -0.4 is 10.6 Å². The Kier molecular flexibility index (Phi) is 5.22. The van der Waals surface area contributed by atoms with Crippen molar-refractivity contribution in [3.63, 3.8) is 0 Å². The van der Waals surface area contributed by atoms with E-state index in [-0.39, 0.29) is 17.4 Å². The zero-order valence-electron chi connectivity index (χ0n) is 14.6. The lowest BCUT2D eigenvalue weighted by Crippen LogP contribution is -2.14. The van der Waals surface area contributed by atoms with Crippen LogP contribution in [0.3, 0.4) is 0 Å². The fraction of sp³-hybridized carbons (Fsp3) is 0.150. The van der Waals surface area contributed by atoms with E-state index in [1.54, 1.807) is 6.07 Å². The van der Waals surface area contributed by atoms with Crippen LogP contribution in [0.1, 0.15) is 28.5 Å². The molecule has 1 amide bonds. The summed E-state index contributed by atoms with van der Waals surface area (Å²) in [7, 11) is 0. The zero-order valence-corrected chi connectivity index (χ0v) is 14.6. The molecule has 132 valence electrons. The molecule has 0 aliphatic rings. The molecular weight excluding hydrogens is 331 g/mol. The number of para-hydroxylation sites is 1. The lowest BCUT2D eigenvalue weighted by Gasteiger charge is -2.13. The summed E-state index contributed by atoms with van der Waals surface area (Å²) in [6, 6.07) is 13.2. The molecule has 6 heteroatoms. The standard InChI is InChI=1S/C20H19FN4O/c1-3-14-6-4-5-13(2)19(14)25-18-11-17(22-12-23-18)20(26)24-16-9-7-15(21)8-10-16/h4-12H,3H2,1-2H3,(H,24,26)(H,22,23,25). The van der Waals surface area contributed by atoms with Crippen molar-refractivity contribution in [2.45, 2.75) is 20.3 Å². The molecule has 0 atom stereocenters. The van der Waals surface area contributed by atoms with Crippen LogP contribution in [0.5, 0.6) is 0 Å². The number of rotatable bonds is 5. The predicted molar refractivity (Wildman–Crippen MR) is 100 cm³/mol. The first-order valence-electron chi connectivity index (χ1n) is 8.31. The quantitative estimate of drug-likeness (QED) is 0.712. The summed E-state index contributed by atoms with van der Waals surface area (Å²) in [5.74, 6) is -0.211. The van der Waals surface area contributed by atoms with Crippen molar-refractivity contribution >= 4 is 23.1 Å². The van der Waals surface area contributed by atoms with Gasteiger partial charge in [-0.15, -0.1) is 0 Å². The molecule has 0 spiro atoms. The van der Waals surface area contributed by atoms with Gasteiger partial charge in [-0.25, -0.2) is 14.4 Å². The Morgan fingerprint density at radius 3 is 2.62 bits per heavy atom. The second-order valence-corrected chi connectivity index (χ2v) is 5.84.